The van der Waals surface area contributed by atoms with Crippen LogP contribution in [0.1, 0.15) is 56.3 Å². The van der Waals surface area contributed by atoms with E-state index in [1.807, 2.05) is 6.92 Å². The van der Waals surface area contributed by atoms with E-state index in [-0.39, 0.29) is 22.0 Å². The lowest BCUT2D eigenvalue weighted by Gasteiger charge is -2.34. The van der Waals surface area contributed by atoms with Crippen LogP contribution in [0.4, 0.5) is 11.4 Å². The number of carbonyl (C=O) groups excluding carboxylic acids is 1. The maximum atomic E-state index is 13.4. The number of ether oxygens (including phenoxy) is 1. The van der Waals surface area contributed by atoms with Gasteiger partial charge in [-0.25, -0.2) is 0 Å². The Bertz CT molecular complexity index is 1100. The summed E-state index contributed by atoms with van der Waals surface area (Å²) in [6.07, 6.45) is 1.24. The third-order valence-electron chi connectivity index (χ3n) is 6.11. The number of hydrogen-bond donors (Lipinski definition) is 3. The van der Waals surface area contributed by atoms with Crippen LogP contribution >= 0.6 is 11.6 Å². The van der Waals surface area contributed by atoms with Crippen molar-refractivity contribution in [2.24, 2.45) is 5.41 Å². The average Bonchev–Trinajstić information content (AvgIpc) is 2.81. The molecule has 0 radical (unpaired) electrons. The number of benzene rings is 2. The standard InChI is InChI=1S/C25H29ClN2O3/c1-6-31-21-10-15(9-16(26)24(21)30)23-22-19(11-25(4,5)12-20(22)29)27-17-7-13(2)14(3)8-18(17)28-23/h7-10,23,27-28,30H,6,11-12H2,1-5H3. The number of halogens is 1. The molecule has 3 N–H and O–H groups in total. The minimum atomic E-state index is -0.410. The van der Waals surface area contributed by atoms with Crippen molar-refractivity contribution in [1.82, 2.24) is 0 Å². The maximum Gasteiger partial charge on any atom is 0.176 e. The molecule has 5 nitrogen and oxygen atoms in total. The Morgan fingerprint density at radius 3 is 2.48 bits per heavy atom. The molecule has 1 atom stereocenters. The molecule has 2 aliphatic rings. The summed E-state index contributed by atoms with van der Waals surface area (Å²) in [7, 11) is 0. The molecule has 2 aromatic carbocycles. The van der Waals surface area contributed by atoms with E-state index >= 15 is 0 Å². The van der Waals surface area contributed by atoms with Crippen molar-refractivity contribution in [3.8, 4) is 11.5 Å². The van der Waals surface area contributed by atoms with Gasteiger partial charge in [0.1, 0.15) is 0 Å². The average molecular weight is 441 g/mol. The number of phenols is 1. The Morgan fingerprint density at radius 1 is 1.13 bits per heavy atom. The molecule has 2 aromatic rings. The van der Waals surface area contributed by atoms with Crippen LogP contribution in [0.25, 0.3) is 0 Å². The van der Waals surface area contributed by atoms with Gasteiger partial charge in [-0.3, -0.25) is 4.79 Å². The first-order valence-corrected chi connectivity index (χ1v) is 11.0. The fourth-order valence-corrected chi connectivity index (χ4v) is 4.71. The lowest BCUT2D eigenvalue weighted by atomic mass is 9.73. The zero-order valence-electron chi connectivity index (χ0n) is 18.6. The molecule has 0 aromatic heterocycles. The van der Waals surface area contributed by atoms with Crippen LogP contribution in [0, 0.1) is 19.3 Å². The van der Waals surface area contributed by atoms with E-state index in [1.54, 1.807) is 12.1 Å². The zero-order valence-corrected chi connectivity index (χ0v) is 19.4. The van der Waals surface area contributed by atoms with Crippen molar-refractivity contribution in [2.45, 2.75) is 53.5 Å². The number of ketones is 1. The second-order valence-corrected chi connectivity index (χ2v) is 9.71. The predicted molar refractivity (Wildman–Crippen MR) is 125 cm³/mol. The van der Waals surface area contributed by atoms with E-state index in [0.29, 0.717) is 18.8 Å². The Labute approximate surface area is 188 Å². The summed E-state index contributed by atoms with van der Waals surface area (Å²) in [5.74, 6) is 0.339. The molecule has 0 fully saturated rings. The third kappa shape index (κ3) is 3.99. The number of allylic oxidation sites excluding steroid dienone is 1. The van der Waals surface area contributed by atoms with Gasteiger partial charge in [0.25, 0.3) is 0 Å². The van der Waals surface area contributed by atoms with Gasteiger partial charge in [-0.2, -0.15) is 0 Å². The molecule has 1 unspecified atom stereocenters. The molecule has 0 amide bonds. The fraction of sp³-hybridized carbons (Fsp3) is 0.400. The van der Waals surface area contributed by atoms with Crippen molar-refractivity contribution in [1.29, 1.82) is 0 Å². The lowest BCUT2D eigenvalue weighted by Crippen LogP contribution is -2.31. The molecular formula is C25H29ClN2O3. The molecule has 0 spiro atoms. The van der Waals surface area contributed by atoms with Crippen molar-refractivity contribution < 1.29 is 14.6 Å². The highest BCUT2D eigenvalue weighted by atomic mass is 35.5. The van der Waals surface area contributed by atoms with Gasteiger partial charge in [-0.15, -0.1) is 0 Å². The second-order valence-electron chi connectivity index (χ2n) is 9.30. The Kier molecular flexibility index (Phi) is 5.42. The van der Waals surface area contributed by atoms with E-state index in [0.717, 1.165) is 40.2 Å². The summed E-state index contributed by atoms with van der Waals surface area (Å²) in [5.41, 5.74) is 6.53. The second kappa shape index (κ2) is 7.79. The molecule has 0 saturated carbocycles. The van der Waals surface area contributed by atoms with Crippen LogP contribution in [0.5, 0.6) is 11.5 Å². The quantitative estimate of drug-likeness (QED) is 0.523. The number of aryl methyl sites for hydroxylation is 2. The number of nitrogens with one attached hydrogen (secondary N) is 2. The van der Waals surface area contributed by atoms with E-state index < -0.39 is 6.04 Å². The van der Waals surface area contributed by atoms with Crippen molar-refractivity contribution in [3.05, 3.63) is 57.2 Å². The molecule has 6 heteroatoms. The van der Waals surface area contributed by atoms with Crippen molar-refractivity contribution in [2.75, 3.05) is 17.2 Å². The molecule has 0 bridgehead atoms. The fourth-order valence-electron chi connectivity index (χ4n) is 4.49. The van der Waals surface area contributed by atoms with Gasteiger partial charge in [-0.05, 0) is 73.6 Å². The number of phenolic OH excluding ortho intramolecular Hbond substituents is 1. The van der Waals surface area contributed by atoms with E-state index in [4.69, 9.17) is 16.3 Å². The maximum absolute atomic E-state index is 13.4. The van der Waals surface area contributed by atoms with Crippen LogP contribution in [0.15, 0.2) is 35.5 Å². The zero-order chi connectivity index (χ0) is 22.5. The molecular weight excluding hydrogens is 412 g/mol. The number of anilines is 2. The first kappa shape index (κ1) is 21.6. The highest BCUT2D eigenvalue weighted by Gasteiger charge is 2.39. The van der Waals surface area contributed by atoms with Gasteiger partial charge in [0, 0.05) is 17.7 Å². The molecule has 0 saturated heterocycles. The van der Waals surface area contributed by atoms with Gasteiger partial charge < -0.3 is 20.5 Å². The topological polar surface area (TPSA) is 70.6 Å². The van der Waals surface area contributed by atoms with Crippen LogP contribution in [-0.4, -0.2) is 17.5 Å². The summed E-state index contributed by atoms with van der Waals surface area (Å²) >= 11 is 6.34. The van der Waals surface area contributed by atoms with Crippen LogP contribution in [0.2, 0.25) is 5.02 Å². The van der Waals surface area contributed by atoms with Gasteiger partial charge in [0.2, 0.25) is 0 Å². The molecule has 1 aliphatic heterocycles. The number of aromatic hydroxyl groups is 1. The highest BCUT2D eigenvalue weighted by molar-refractivity contribution is 6.32. The van der Waals surface area contributed by atoms with Gasteiger partial charge in [-0.1, -0.05) is 25.4 Å². The Balaban J connectivity index is 1.92. The Hall–Kier alpha value is -2.66. The van der Waals surface area contributed by atoms with Crippen LogP contribution in [-0.2, 0) is 4.79 Å². The number of rotatable bonds is 3. The molecule has 31 heavy (non-hydrogen) atoms. The number of fused-ring (bicyclic) bond motifs is 1. The number of carbonyl (C=O) groups is 1. The van der Waals surface area contributed by atoms with Gasteiger partial charge >= 0.3 is 0 Å². The van der Waals surface area contributed by atoms with Crippen LogP contribution < -0.4 is 15.4 Å². The van der Waals surface area contributed by atoms with Crippen molar-refractivity contribution >= 4 is 28.8 Å². The molecule has 164 valence electrons. The minimum Gasteiger partial charge on any atom is -0.503 e. The SMILES string of the molecule is CCOc1cc(C2Nc3cc(C)c(C)cc3NC3=C2C(=O)CC(C)(C)C3)cc(Cl)c1O. The summed E-state index contributed by atoms with van der Waals surface area (Å²) < 4.78 is 5.60. The minimum absolute atomic E-state index is 0.0869. The summed E-state index contributed by atoms with van der Waals surface area (Å²) in [6.45, 7) is 10.6. The summed E-state index contributed by atoms with van der Waals surface area (Å²) in [5, 5.41) is 17.7. The Morgan fingerprint density at radius 2 is 1.81 bits per heavy atom. The normalized spacial score (nSPS) is 19.7. The molecule has 4 rings (SSSR count). The molecule has 1 heterocycles. The summed E-state index contributed by atoms with van der Waals surface area (Å²) in [4.78, 5) is 13.4. The van der Waals surface area contributed by atoms with E-state index in [2.05, 4.69) is 50.5 Å². The number of hydrogen-bond acceptors (Lipinski definition) is 5. The largest absolute Gasteiger partial charge is 0.503 e. The van der Waals surface area contributed by atoms with E-state index in [9.17, 15) is 9.90 Å². The molecule has 1 aliphatic carbocycles. The highest BCUT2D eigenvalue weighted by Crippen LogP contribution is 2.47. The third-order valence-corrected chi connectivity index (χ3v) is 6.40. The first-order valence-electron chi connectivity index (χ1n) is 10.7. The van der Waals surface area contributed by atoms with Crippen molar-refractivity contribution in [3.63, 3.8) is 0 Å². The van der Waals surface area contributed by atoms with Crippen LogP contribution in [0.3, 0.4) is 0 Å². The first-order chi connectivity index (χ1) is 14.6. The summed E-state index contributed by atoms with van der Waals surface area (Å²) in [6, 6.07) is 7.29. The monoisotopic (exact) mass is 440 g/mol. The lowest BCUT2D eigenvalue weighted by molar-refractivity contribution is -0.118. The number of Topliss-reactive ketones (excluding diaryl/α,β-unsaturated/α-hetero) is 1. The van der Waals surface area contributed by atoms with Gasteiger partial charge in [0.15, 0.2) is 17.3 Å². The van der Waals surface area contributed by atoms with Gasteiger partial charge in [0.05, 0.1) is 29.0 Å². The predicted octanol–water partition coefficient (Wildman–Crippen LogP) is 6.28. The smallest absolute Gasteiger partial charge is 0.176 e. The van der Waals surface area contributed by atoms with E-state index in [1.165, 1.54) is 5.56 Å².